The van der Waals surface area contributed by atoms with Gasteiger partial charge in [0.1, 0.15) is 22.6 Å². The van der Waals surface area contributed by atoms with Gasteiger partial charge in [0, 0.05) is 54.1 Å². The van der Waals surface area contributed by atoms with Crippen molar-refractivity contribution >= 4 is 28.0 Å². The van der Waals surface area contributed by atoms with Gasteiger partial charge < -0.3 is 24.0 Å². The minimum atomic E-state index is 0.0750. The van der Waals surface area contributed by atoms with E-state index in [2.05, 4.69) is 31.3 Å². The van der Waals surface area contributed by atoms with Crippen LogP contribution < -0.4 is 9.47 Å². The fourth-order valence-electron chi connectivity index (χ4n) is 8.58. The number of likely N-dealkylation sites (tertiary alicyclic amines) is 1. The van der Waals surface area contributed by atoms with Crippen LogP contribution in [0.1, 0.15) is 41.6 Å². The summed E-state index contributed by atoms with van der Waals surface area (Å²) in [7, 11) is 1.66. The quantitative estimate of drug-likeness (QED) is 0.177. The van der Waals surface area contributed by atoms with Gasteiger partial charge >= 0.3 is 0 Å². The molecular weight excluding hydrogens is 592 g/mol. The molecule has 1 aliphatic heterocycles. The molecule has 6 heterocycles. The Labute approximate surface area is 270 Å². The smallest absolute Gasteiger partial charge is 0.254 e. The van der Waals surface area contributed by atoms with E-state index in [1.165, 1.54) is 31.7 Å². The normalized spacial score (nSPS) is 22.8. The molecule has 3 saturated carbocycles. The summed E-state index contributed by atoms with van der Waals surface area (Å²) in [5.74, 6) is 4.28. The van der Waals surface area contributed by atoms with E-state index in [0.717, 1.165) is 69.3 Å². The number of imidazole rings is 1. The minimum absolute atomic E-state index is 0.0750. The number of rotatable bonds is 8. The fraction of sp³-hybridized carbons (Fsp3) is 0.361. The second-order valence-corrected chi connectivity index (χ2v) is 13.9. The van der Waals surface area contributed by atoms with Crippen LogP contribution in [0, 0.1) is 28.9 Å². The lowest BCUT2D eigenvalue weighted by molar-refractivity contribution is -0.605. The van der Waals surface area contributed by atoms with Crippen LogP contribution >= 0.6 is 0 Å². The minimum Gasteiger partial charge on any atom is -0.619 e. The largest absolute Gasteiger partial charge is 0.619 e. The van der Waals surface area contributed by atoms with E-state index in [1.807, 2.05) is 42.9 Å². The first kappa shape index (κ1) is 27.0. The third kappa shape index (κ3) is 4.14. The maximum Gasteiger partial charge on any atom is 0.254 e. The highest BCUT2D eigenvalue weighted by atomic mass is 16.5. The predicted molar refractivity (Wildman–Crippen MR) is 174 cm³/mol. The van der Waals surface area contributed by atoms with Gasteiger partial charge in [0.15, 0.2) is 12.0 Å². The maximum atomic E-state index is 14.0. The molecular formula is C36H34N8O3. The van der Waals surface area contributed by atoms with Gasteiger partial charge in [-0.05, 0) is 85.8 Å². The van der Waals surface area contributed by atoms with Gasteiger partial charge in [-0.25, -0.2) is 14.6 Å². The Bertz CT molecular complexity index is 2230. The Morgan fingerprint density at radius 1 is 1.11 bits per heavy atom. The summed E-state index contributed by atoms with van der Waals surface area (Å²) >= 11 is 0. The Hall–Kier alpha value is -5.19. The topological polar surface area (TPSA) is 110 Å². The van der Waals surface area contributed by atoms with Crippen LogP contribution in [0.15, 0.2) is 73.4 Å². The van der Waals surface area contributed by atoms with E-state index in [1.54, 1.807) is 17.9 Å². The SMILES string of the molecule is COc1cc(C(=O)N2CC3CC4CC2[C@H]43)cc2nc(-c3cc4cccnc4n3CC3CC3)n(Cc3cnn(-c4ccc[n+]([O-])c4)c3)c12. The molecule has 3 unspecified atom stereocenters. The molecule has 1 saturated heterocycles. The number of hydrogen-bond acceptors (Lipinski definition) is 6. The molecule has 10 rings (SSSR count). The molecule has 4 fully saturated rings. The molecule has 11 heteroatoms. The third-order valence-corrected chi connectivity index (χ3v) is 11.1. The summed E-state index contributed by atoms with van der Waals surface area (Å²) < 4.78 is 13.0. The number of carbonyl (C=O) groups excluding carboxylic acids is 1. The highest BCUT2D eigenvalue weighted by Gasteiger charge is 2.61. The summed E-state index contributed by atoms with van der Waals surface area (Å²) in [6.07, 6.45) is 13.4. The molecule has 1 aromatic carbocycles. The van der Waals surface area contributed by atoms with Crippen molar-refractivity contribution in [1.29, 1.82) is 0 Å². The molecule has 11 nitrogen and oxygen atoms in total. The molecule has 4 atom stereocenters. The van der Waals surface area contributed by atoms with E-state index in [4.69, 9.17) is 14.7 Å². The van der Waals surface area contributed by atoms with Crippen LogP contribution in [0.5, 0.6) is 5.75 Å². The average molecular weight is 627 g/mol. The number of aromatic nitrogens is 7. The van der Waals surface area contributed by atoms with Crippen molar-refractivity contribution in [3.05, 3.63) is 89.8 Å². The third-order valence-electron chi connectivity index (χ3n) is 11.1. The molecule has 1 amide bonds. The number of amides is 1. The fourth-order valence-corrected chi connectivity index (χ4v) is 8.58. The Morgan fingerprint density at radius 2 is 2.02 bits per heavy atom. The van der Waals surface area contributed by atoms with Gasteiger partial charge in [0.05, 0.1) is 31.1 Å². The number of methoxy groups -OCH3 is 1. The van der Waals surface area contributed by atoms with E-state index in [9.17, 15) is 10.0 Å². The summed E-state index contributed by atoms with van der Waals surface area (Å²) in [5.41, 5.74) is 5.70. The zero-order valence-electron chi connectivity index (χ0n) is 26.1. The molecule has 0 bridgehead atoms. The molecule has 0 spiro atoms. The van der Waals surface area contributed by atoms with Crippen molar-refractivity contribution in [2.75, 3.05) is 13.7 Å². The second-order valence-electron chi connectivity index (χ2n) is 13.9. The van der Waals surface area contributed by atoms with Crippen molar-refractivity contribution in [3.63, 3.8) is 0 Å². The molecule has 0 N–H and O–H groups in total. The molecule has 236 valence electrons. The summed E-state index contributed by atoms with van der Waals surface area (Å²) in [4.78, 5) is 26.2. The Kier molecular flexibility index (Phi) is 5.68. The van der Waals surface area contributed by atoms with Crippen LogP contribution in [-0.2, 0) is 13.1 Å². The first-order valence-electron chi connectivity index (χ1n) is 16.6. The Morgan fingerprint density at radius 3 is 2.83 bits per heavy atom. The number of nitrogens with zero attached hydrogens (tertiary/aromatic N) is 8. The lowest BCUT2D eigenvalue weighted by atomic mass is 9.53. The summed E-state index contributed by atoms with van der Waals surface area (Å²) in [5, 5.41) is 17.6. The predicted octanol–water partition coefficient (Wildman–Crippen LogP) is 4.82. The average Bonchev–Trinajstić information content (AvgIpc) is 3.46. The molecule has 4 aliphatic rings. The number of hydrogen-bond donors (Lipinski definition) is 0. The van der Waals surface area contributed by atoms with Crippen molar-refractivity contribution in [2.24, 2.45) is 23.7 Å². The first-order valence-corrected chi connectivity index (χ1v) is 16.6. The van der Waals surface area contributed by atoms with Gasteiger partial charge in [0.2, 0.25) is 6.20 Å². The van der Waals surface area contributed by atoms with Gasteiger partial charge in [-0.3, -0.25) is 4.79 Å². The number of benzene rings is 1. The molecule has 5 aromatic heterocycles. The first-order chi connectivity index (χ1) is 23.0. The van der Waals surface area contributed by atoms with E-state index >= 15 is 0 Å². The molecule has 0 radical (unpaired) electrons. The highest BCUT2D eigenvalue weighted by molar-refractivity contribution is 6.00. The van der Waals surface area contributed by atoms with Crippen LogP contribution in [0.3, 0.4) is 0 Å². The van der Waals surface area contributed by atoms with E-state index in [-0.39, 0.29) is 5.91 Å². The van der Waals surface area contributed by atoms with Crippen LogP contribution in [0.25, 0.3) is 39.3 Å². The van der Waals surface area contributed by atoms with Crippen LogP contribution in [0.2, 0.25) is 0 Å². The highest BCUT2D eigenvalue weighted by Crippen LogP contribution is 2.60. The van der Waals surface area contributed by atoms with Crippen molar-refractivity contribution in [3.8, 4) is 23.0 Å². The van der Waals surface area contributed by atoms with Crippen molar-refractivity contribution in [1.82, 2.24) is 33.8 Å². The zero-order chi connectivity index (χ0) is 31.4. The zero-order valence-corrected chi connectivity index (χ0v) is 26.1. The second kappa shape index (κ2) is 9.90. The molecule has 47 heavy (non-hydrogen) atoms. The Balaban J connectivity index is 1.12. The van der Waals surface area contributed by atoms with Crippen LogP contribution in [-0.4, -0.2) is 59.4 Å². The summed E-state index contributed by atoms with van der Waals surface area (Å²) in [6, 6.07) is 14.0. The van der Waals surface area contributed by atoms with E-state index in [0.29, 0.717) is 47.3 Å². The number of pyridine rings is 2. The van der Waals surface area contributed by atoms with Gasteiger partial charge in [-0.15, -0.1) is 0 Å². The van der Waals surface area contributed by atoms with Crippen molar-refractivity contribution in [2.45, 2.75) is 44.8 Å². The number of ether oxygens (including phenoxy) is 1. The van der Waals surface area contributed by atoms with Gasteiger partial charge in [-0.2, -0.15) is 9.83 Å². The monoisotopic (exact) mass is 626 g/mol. The molecule has 6 aromatic rings. The molecule has 3 aliphatic carbocycles. The lowest BCUT2D eigenvalue weighted by Gasteiger charge is -2.52. The van der Waals surface area contributed by atoms with E-state index < -0.39 is 0 Å². The van der Waals surface area contributed by atoms with Crippen molar-refractivity contribution < 1.29 is 14.3 Å². The summed E-state index contributed by atoms with van der Waals surface area (Å²) in [6.45, 7) is 2.19. The number of carbonyl (C=O) groups is 1. The lowest BCUT2D eigenvalue weighted by Crippen LogP contribution is -2.53. The van der Waals surface area contributed by atoms with Gasteiger partial charge in [-0.1, -0.05) is 0 Å². The standard InChI is InChI=1S/C36H34N8O3/c1-47-31-14-25(36(45)42-19-26-10-24-13-29(42)32(24)26)11-28-33(31)43(17-22-15-38-44(18-22)27-5-3-9-40(46)20-27)35(39-28)30-12-23-4-2-8-37-34(23)41(30)16-21-6-7-21/h2-5,8-9,11-12,14-15,18,20-21,24,26,29,32H,6-7,10,13,16-17,19H2,1H3/t24?,26?,29?,32-/m1/s1. The number of fused-ring (bicyclic) bond motifs is 2. The van der Waals surface area contributed by atoms with Crippen LogP contribution in [0.4, 0.5) is 0 Å². The maximum absolute atomic E-state index is 14.0. The van der Waals surface area contributed by atoms with Gasteiger partial charge in [0.25, 0.3) is 5.91 Å².